The topological polar surface area (TPSA) is 82.1 Å². The number of halogens is 1. The van der Waals surface area contributed by atoms with Gasteiger partial charge < -0.3 is 4.55 Å². The van der Waals surface area contributed by atoms with E-state index < -0.39 is 10.3 Å². The van der Waals surface area contributed by atoms with Gasteiger partial charge in [-0.15, -0.1) is 0 Å². The maximum Gasteiger partial charge on any atom is 1.00 e. The molecule has 0 aliphatic heterocycles. The molecule has 1 aromatic rings. The first-order valence-electron chi connectivity index (χ1n) is 3.24. The second-order valence-electron chi connectivity index (χ2n) is 2.38. The predicted octanol–water partition coefficient (Wildman–Crippen LogP) is -1.97. The van der Waals surface area contributed by atoms with Gasteiger partial charge in [-0.2, -0.15) is 0 Å². The van der Waals surface area contributed by atoms with Crippen molar-refractivity contribution in [3.8, 4) is 0 Å². The van der Waals surface area contributed by atoms with Crippen LogP contribution in [0.25, 0.3) is 0 Å². The molecule has 1 N–H and O–H groups in total. The van der Waals surface area contributed by atoms with Crippen molar-refractivity contribution in [3.63, 3.8) is 0 Å². The number of nitrogens with one attached hydrogen (secondary N) is 1. The Bertz CT molecular complexity index is 423. The van der Waals surface area contributed by atoms with Crippen molar-refractivity contribution in [2.24, 2.45) is 0 Å². The van der Waals surface area contributed by atoms with Crippen LogP contribution in [0.3, 0.4) is 0 Å². The van der Waals surface area contributed by atoms with Crippen molar-refractivity contribution in [2.75, 3.05) is 4.72 Å². The van der Waals surface area contributed by atoms with Crippen LogP contribution in [0.5, 0.6) is 0 Å². The number of hydrogen-bond acceptors (Lipinski definition) is 4. The smallest absolute Gasteiger partial charge is 0.731 e. The summed E-state index contributed by atoms with van der Waals surface area (Å²) in [4.78, 5) is 3.73. The van der Waals surface area contributed by atoms with Crippen LogP contribution in [0.15, 0.2) is 16.7 Å². The molecule has 0 saturated carbocycles. The van der Waals surface area contributed by atoms with E-state index in [-0.39, 0.29) is 35.4 Å². The molecule has 5 nitrogen and oxygen atoms in total. The van der Waals surface area contributed by atoms with Crippen LogP contribution in [0.4, 0.5) is 5.82 Å². The Morgan fingerprint density at radius 3 is 2.57 bits per heavy atom. The maximum absolute atomic E-state index is 10.3. The normalized spacial score (nSPS) is 10.5. The molecule has 0 amide bonds. The van der Waals surface area contributed by atoms with Gasteiger partial charge in [0.25, 0.3) is 0 Å². The summed E-state index contributed by atoms with van der Waals surface area (Å²) in [5.41, 5.74) is 0.578. The minimum atomic E-state index is -4.49. The largest absolute Gasteiger partial charge is 1.00 e. The molecule has 0 aromatic carbocycles. The van der Waals surface area contributed by atoms with Crippen LogP contribution in [0.2, 0.25) is 0 Å². The first kappa shape index (κ1) is 14.3. The van der Waals surface area contributed by atoms with Gasteiger partial charge >= 0.3 is 29.6 Å². The fraction of sp³-hybridized carbons (Fsp3) is 0.167. The van der Waals surface area contributed by atoms with E-state index in [1.807, 2.05) is 0 Å². The summed E-state index contributed by atoms with van der Waals surface area (Å²) in [6, 6.07) is 1.65. The van der Waals surface area contributed by atoms with Crippen molar-refractivity contribution >= 4 is 32.1 Å². The Morgan fingerprint density at radius 1 is 1.57 bits per heavy atom. The maximum atomic E-state index is 10.3. The molecule has 0 aliphatic rings. The van der Waals surface area contributed by atoms with Crippen LogP contribution >= 0.6 is 15.9 Å². The first-order chi connectivity index (χ1) is 5.88. The fourth-order valence-corrected chi connectivity index (χ4v) is 1.66. The number of aromatic nitrogens is 1. The molecule has 14 heavy (non-hydrogen) atoms. The molecule has 0 radical (unpaired) electrons. The molecule has 1 aromatic heterocycles. The first-order valence-corrected chi connectivity index (χ1v) is 5.44. The summed E-state index contributed by atoms with van der Waals surface area (Å²) in [6.45, 7) is 1.64. The minimum Gasteiger partial charge on any atom is -0.731 e. The second kappa shape index (κ2) is 5.43. The average molecular weight is 289 g/mol. The van der Waals surface area contributed by atoms with Gasteiger partial charge in [-0.05, 0) is 34.5 Å². The SMILES string of the molecule is Cc1cc(Br)cnc1NS(=O)(=O)[O-].[Na+]. The van der Waals surface area contributed by atoms with Crippen molar-refractivity contribution in [2.45, 2.75) is 6.92 Å². The number of hydrogen-bond donors (Lipinski definition) is 1. The predicted molar refractivity (Wildman–Crippen MR) is 50.0 cm³/mol. The van der Waals surface area contributed by atoms with Crippen LogP contribution in [0, 0.1) is 6.92 Å². The number of nitrogens with zero attached hydrogens (tertiary/aromatic N) is 1. The van der Waals surface area contributed by atoms with E-state index in [4.69, 9.17) is 0 Å². The van der Waals surface area contributed by atoms with Crippen molar-refractivity contribution in [1.29, 1.82) is 0 Å². The number of pyridine rings is 1. The third-order valence-corrected chi connectivity index (χ3v) is 2.14. The van der Waals surface area contributed by atoms with E-state index in [0.29, 0.717) is 5.56 Å². The molecule has 0 bridgehead atoms. The minimum absolute atomic E-state index is 0. The summed E-state index contributed by atoms with van der Waals surface area (Å²) < 4.78 is 33.4. The van der Waals surface area contributed by atoms with E-state index in [9.17, 15) is 13.0 Å². The fourth-order valence-electron chi connectivity index (χ4n) is 0.766. The van der Waals surface area contributed by atoms with Crippen molar-refractivity contribution in [3.05, 3.63) is 22.3 Å². The van der Waals surface area contributed by atoms with E-state index in [0.717, 1.165) is 4.47 Å². The summed E-state index contributed by atoms with van der Waals surface area (Å²) in [7, 11) is -4.49. The Morgan fingerprint density at radius 2 is 2.14 bits per heavy atom. The zero-order chi connectivity index (χ0) is 10.1. The van der Waals surface area contributed by atoms with Gasteiger partial charge in [0.2, 0.25) is 0 Å². The van der Waals surface area contributed by atoms with Crippen molar-refractivity contribution in [1.82, 2.24) is 4.98 Å². The molecule has 0 unspecified atom stereocenters. The Labute approximate surface area is 113 Å². The van der Waals surface area contributed by atoms with Gasteiger partial charge in [0.15, 0.2) is 10.3 Å². The van der Waals surface area contributed by atoms with Gasteiger partial charge in [0.1, 0.15) is 5.82 Å². The van der Waals surface area contributed by atoms with Gasteiger partial charge in [0, 0.05) is 10.7 Å². The summed E-state index contributed by atoms with van der Waals surface area (Å²) in [5.74, 6) is 0.0539. The van der Waals surface area contributed by atoms with Gasteiger partial charge in [-0.3, -0.25) is 4.72 Å². The Balaban J connectivity index is 0.00000169. The van der Waals surface area contributed by atoms with Crippen LogP contribution < -0.4 is 34.3 Å². The standard InChI is InChI=1S/C6H7BrN2O3S.Na/c1-4-2-5(7)3-8-6(4)9-13(10,11)12;/h2-3H,1H3,(H,8,9)(H,10,11,12);/q;+1/p-1. The number of anilines is 1. The second-order valence-corrected chi connectivity index (χ2v) is 4.40. The molecule has 0 atom stereocenters. The van der Waals surface area contributed by atoms with Crippen LogP contribution in [-0.4, -0.2) is 18.0 Å². The summed E-state index contributed by atoms with van der Waals surface area (Å²) >= 11 is 3.16. The third kappa shape index (κ3) is 4.72. The molecule has 0 saturated heterocycles. The van der Waals surface area contributed by atoms with Crippen molar-refractivity contribution < 1.29 is 42.5 Å². The average Bonchev–Trinajstić information content (AvgIpc) is 1.93. The zero-order valence-electron chi connectivity index (χ0n) is 7.61. The third-order valence-electron chi connectivity index (χ3n) is 1.27. The summed E-state index contributed by atoms with van der Waals surface area (Å²) in [6.07, 6.45) is 1.40. The number of aryl methyl sites for hydroxylation is 1. The zero-order valence-corrected chi connectivity index (χ0v) is 12.0. The Hall–Kier alpha value is 0.340. The monoisotopic (exact) mass is 288 g/mol. The van der Waals surface area contributed by atoms with Crippen LogP contribution in [0.1, 0.15) is 5.56 Å². The molecule has 1 rings (SSSR count). The number of rotatable bonds is 2. The molecule has 0 spiro atoms. The van der Waals surface area contributed by atoms with E-state index in [1.165, 1.54) is 6.20 Å². The van der Waals surface area contributed by atoms with E-state index in [1.54, 1.807) is 17.7 Å². The molecular weight excluding hydrogens is 283 g/mol. The molecular formula is C6H6BrN2NaO3S. The molecule has 8 heteroatoms. The van der Waals surface area contributed by atoms with E-state index >= 15 is 0 Å². The van der Waals surface area contributed by atoms with Gasteiger partial charge in [0.05, 0.1) is 0 Å². The molecule has 72 valence electrons. The molecule has 1 heterocycles. The Kier molecular flexibility index (Phi) is 5.56. The van der Waals surface area contributed by atoms with Crippen LogP contribution in [-0.2, 0) is 10.3 Å². The molecule has 0 fully saturated rings. The van der Waals surface area contributed by atoms with Gasteiger partial charge in [-0.25, -0.2) is 13.4 Å². The molecule has 0 aliphatic carbocycles. The van der Waals surface area contributed by atoms with E-state index in [2.05, 4.69) is 20.9 Å². The summed E-state index contributed by atoms with van der Waals surface area (Å²) in [5, 5.41) is 0. The van der Waals surface area contributed by atoms with Gasteiger partial charge in [-0.1, -0.05) is 0 Å². The quantitative estimate of drug-likeness (QED) is 0.506.